The number of rotatable bonds is 3. The maximum absolute atomic E-state index is 12.3. The number of aromatic nitrogens is 2. The summed E-state index contributed by atoms with van der Waals surface area (Å²) >= 11 is 0. The molecule has 2 rings (SSSR count). The Kier molecular flexibility index (Phi) is 4.75. The number of carbonyl (C=O) groups is 1. The molecule has 0 saturated carbocycles. The van der Waals surface area contributed by atoms with Crippen LogP contribution in [0.3, 0.4) is 0 Å². The van der Waals surface area contributed by atoms with Gasteiger partial charge in [0.15, 0.2) is 0 Å². The van der Waals surface area contributed by atoms with Crippen LogP contribution in [0.15, 0.2) is 30.5 Å². The molecule has 0 aliphatic heterocycles. The van der Waals surface area contributed by atoms with Gasteiger partial charge in [0.2, 0.25) is 0 Å². The number of nitrogens with zero attached hydrogens (tertiary/aromatic N) is 2. The number of aryl methyl sites for hydroxylation is 1. The van der Waals surface area contributed by atoms with Gasteiger partial charge in [-0.05, 0) is 24.6 Å². The van der Waals surface area contributed by atoms with Crippen molar-refractivity contribution in [2.24, 2.45) is 7.05 Å². The lowest BCUT2D eigenvalue weighted by Crippen LogP contribution is -2.16. The molecule has 1 aromatic heterocycles. The number of anilines is 1. The van der Waals surface area contributed by atoms with Gasteiger partial charge in [-0.15, -0.1) is 0 Å². The van der Waals surface area contributed by atoms with Crippen LogP contribution in [0.1, 0.15) is 27.9 Å². The molecule has 108 valence electrons. The fourth-order valence-corrected chi connectivity index (χ4v) is 1.91. The van der Waals surface area contributed by atoms with E-state index in [-0.39, 0.29) is 12.5 Å². The number of hydrogen-bond donors (Lipinski definition) is 2. The molecule has 0 spiro atoms. The second-order valence-corrected chi connectivity index (χ2v) is 4.55. The predicted molar refractivity (Wildman–Crippen MR) is 80.9 cm³/mol. The van der Waals surface area contributed by atoms with E-state index >= 15 is 0 Å². The monoisotopic (exact) mass is 283 g/mol. The maximum Gasteiger partial charge on any atom is 0.257 e. The van der Waals surface area contributed by atoms with Crippen LogP contribution < -0.4 is 5.32 Å². The van der Waals surface area contributed by atoms with Crippen LogP contribution in [0.2, 0.25) is 0 Å². The summed E-state index contributed by atoms with van der Waals surface area (Å²) in [6, 6.07) is 7.16. The highest BCUT2D eigenvalue weighted by Gasteiger charge is 2.12. The van der Waals surface area contributed by atoms with E-state index < -0.39 is 0 Å². The molecule has 0 unspecified atom stereocenters. The molecule has 1 amide bonds. The highest BCUT2D eigenvalue weighted by atomic mass is 16.2. The van der Waals surface area contributed by atoms with Crippen molar-refractivity contribution in [2.75, 3.05) is 11.9 Å². The summed E-state index contributed by atoms with van der Waals surface area (Å²) in [7, 11) is 1.76. The quantitative estimate of drug-likeness (QED) is 0.843. The summed E-state index contributed by atoms with van der Waals surface area (Å²) in [4.78, 5) is 12.3. The smallest absolute Gasteiger partial charge is 0.257 e. The van der Waals surface area contributed by atoms with E-state index in [1.807, 2.05) is 13.0 Å². The van der Waals surface area contributed by atoms with Crippen molar-refractivity contribution in [3.63, 3.8) is 0 Å². The molecule has 21 heavy (non-hydrogen) atoms. The lowest BCUT2D eigenvalue weighted by atomic mass is 10.0. The van der Waals surface area contributed by atoms with Gasteiger partial charge in [0, 0.05) is 30.7 Å². The highest BCUT2D eigenvalue weighted by Crippen LogP contribution is 2.15. The molecule has 0 bridgehead atoms. The zero-order valence-corrected chi connectivity index (χ0v) is 12.1. The Balaban J connectivity index is 2.24. The Hall–Kier alpha value is -2.58. The minimum Gasteiger partial charge on any atom is -0.395 e. The first-order valence-electron chi connectivity index (χ1n) is 6.62. The van der Waals surface area contributed by atoms with Crippen LogP contribution in [0.4, 0.5) is 5.82 Å². The molecule has 0 atom stereocenters. The number of hydrogen-bond acceptors (Lipinski definition) is 3. The van der Waals surface area contributed by atoms with Gasteiger partial charge in [-0.25, -0.2) is 0 Å². The first-order valence-corrected chi connectivity index (χ1v) is 6.62. The van der Waals surface area contributed by atoms with Crippen molar-refractivity contribution in [2.45, 2.75) is 13.3 Å². The second kappa shape index (κ2) is 6.73. The highest BCUT2D eigenvalue weighted by molar-refractivity contribution is 6.05. The minimum atomic E-state index is -0.193. The number of amides is 1. The van der Waals surface area contributed by atoms with Crippen LogP contribution in [-0.2, 0) is 7.05 Å². The molecule has 2 aromatic rings. The van der Waals surface area contributed by atoms with Gasteiger partial charge in [-0.1, -0.05) is 17.9 Å². The van der Waals surface area contributed by atoms with E-state index in [0.717, 1.165) is 11.1 Å². The van der Waals surface area contributed by atoms with Gasteiger partial charge in [0.25, 0.3) is 5.91 Å². The van der Waals surface area contributed by atoms with Crippen LogP contribution in [0.5, 0.6) is 0 Å². The Bertz CT molecular complexity index is 708. The van der Waals surface area contributed by atoms with Crippen molar-refractivity contribution in [3.8, 4) is 11.8 Å². The largest absolute Gasteiger partial charge is 0.395 e. The van der Waals surface area contributed by atoms with E-state index in [1.54, 1.807) is 36.1 Å². The molecular weight excluding hydrogens is 266 g/mol. The average Bonchev–Trinajstić information content (AvgIpc) is 2.86. The van der Waals surface area contributed by atoms with Crippen molar-refractivity contribution >= 4 is 11.7 Å². The van der Waals surface area contributed by atoms with Crippen LogP contribution in [0, 0.1) is 18.8 Å². The van der Waals surface area contributed by atoms with Crippen LogP contribution in [-0.4, -0.2) is 27.4 Å². The molecule has 0 saturated heterocycles. The van der Waals surface area contributed by atoms with Crippen molar-refractivity contribution in [1.29, 1.82) is 0 Å². The summed E-state index contributed by atoms with van der Waals surface area (Å²) in [5, 5.41) is 15.6. The number of carbonyl (C=O) groups excluding carboxylic acids is 1. The molecule has 0 radical (unpaired) electrons. The summed E-state index contributed by atoms with van der Waals surface area (Å²) in [6.07, 6.45) is 2.05. The first-order chi connectivity index (χ1) is 10.1. The van der Waals surface area contributed by atoms with Gasteiger partial charge in [-0.3, -0.25) is 9.48 Å². The molecule has 0 fully saturated rings. The second-order valence-electron chi connectivity index (χ2n) is 4.55. The van der Waals surface area contributed by atoms with Gasteiger partial charge < -0.3 is 10.4 Å². The third-order valence-electron chi connectivity index (χ3n) is 3.10. The molecule has 2 N–H and O–H groups in total. The Morgan fingerprint density at radius 2 is 2.24 bits per heavy atom. The van der Waals surface area contributed by atoms with Crippen molar-refractivity contribution in [3.05, 3.63) is 47.2 Å². The number of benzene rings is 1. The molecule has 1 aromatic carbocycles. The Morgan fingerprint density at radius 3 is 2.90 bits per heavy atom. The summed E-state index contributed by atoms with van der Waals surface area (Å²) in [6.45, 7) is 1.90. The lowest BCUT2D eigenvalue weighted by molar-refractivity contribution is 0.102. The fraction of sp³-hybridized carbons (Fsp3) is 0.250. The number of aliphatic hydroxyl groups excluding tert-OH is 1. The number of aliphatic hydroxyl groups is 1. The molecule has 0 aliphatic rings. The zero-order chi connectivity index (χ0) is 15.2. The van der Waals surface area contributed by atoms with Crippen LogP contribution in [0.25, 0.3) is 0 Å². The third-order valence-corrected chi connectivity index (χ3v) is 3.10. The fourth-order valence-electron chi connectivity index (χ4n) is 1.91. The SMILES string of the molecule is Cc1c(C#CCCO)cccc1C(=O)Nc1ccnn1C. The molecule has 1 heterocycles. The van der Waals surface area contributed by atoms with E-state index in [0.29, 0.717) is 17.8 Å². The zero-order valence-electron chi connectivity index (χ0n) is 12.1. The molecule has 0 aliphatic carbocycles. The summed E-state index contributed by atoms with van der Waals surface area (Å²) in [5.74, 6) is 6.28. The van der Waals surface area contributed by atoms with E-state index in [1.165, 1.54) is 0 Å². The minimum absolute atomic E-state index is 0.0344. The van der Waals surface area contributed by atoms with E-state index in [9.17, 15) is 4.79 Å². The molecular formula is C16H17N3O2. The van der Waals surface area contributed by atoms with E-state index in [2.05, 4.69) is 22.3 Å². The van der Waals surface area contributed by atoms with Crippen molar-refractivity contribution in [1.82, 2.24) is 9.78 Å². The first kappa shape index (κ1) is 14.8. The normalized spacial score (nSPS) is 9.86. The third kappa shape index (κ3) is 3.50. The lowest BCUT2D eigenvalue weighted by Gasteiger charge is -2.09. The standard InChI is InChI=1S/C16H17N3O2/c1-12-13(6-3-4-11-20)7-5-8-14(12)16(21)18-15-9-10-17-19(15)2/h5,7-10,20H,4,11H2,1-2H3,(H,18,21). The van der Waals surface area contributed by atoms with Gasteiger partial charge in [0.1, 0.15) is 5.82 Å². The number of nitrogens with one attached hydrogen (secondary N) is 1. The Labute approximate surface area is 123 Å². The topological polar surface area (TPSA) is 67.2 Å². The van der Waals surface area contributed by atoms with Crippen molar-refractivity contribution < 1.29 is 9.90 Å². The van der Waals surface area contributed by atoms with E-state index in [4.69, 9.17) is 5.11 Å². The molecule has 5 heteroatoms. The Morgan fingerprint density at radius 1 is 1.43 bits per heavy atom. The average molecular weight is 283 g/mol. The van der Waals surface area contributed by atoms with Gasteiger partial charge in [0.05, 0.1) is 12.8 Å². The van der Waals surface area contributed by atoms with Gasteiger partial charge >= 0.3 is 0 Å². The summed E-state index contributed by atoms with van der Waals surface area (Å²) < 4.78 is 1.60. The van der Waals surface area contributed by atoms with Crippen LogP contribution >= 0.6 is 0 Å². The molecule has 5 nitrogen and oxygen atoms in total. The predicted octanol–water partition coefficient (Wildman–Crippen LogP) is 1.71. The summed E-state index contributed by atoms with van der Waals surface area (Å²) in [5.41, 5.74) is 2.19. The maximum atomic E-state index is 12.3. The van der Waals surface area contributed by atoms with Gasteiger partial charge in [-0.2, -0.15) is 5.10 Å².